The summed E-state index contributed by atoms with van der Waals surface area (Å²) in [4.78, 5) is 3.17. The van der Waals surface area contributed by atoms with Crippen LogP contribution in [0.25, 0.3) is 22.8 Å². The standard InChI is InChI=1S/C27H26N2O/c1-3-20(23-14-7-8-15-26(23)30-22-12-5-4-6-13-22)17-24-25(18-29-27(24)28)21-11-9-10-19(2)16-21/h3-5,7-12,14-18,29H,1,6,13,28H2,2H3/b20-17+. The lowest BCUT2D eigenvalue weighted by Gasteiger charge is -2.15. The summed E-state index contributed by atoms with van der Waals surface area (Å²) in [6.07, 6.45) is 14.0. The Bertz CT molecular complexity index is 1160. The average molecular weight is 395 g/mol. The van der Waals surface area contributed by atoms with E-state index in [-0.39, 0.29) is 0 Å². The minimum Gasteiger partial charge on any atom is -0.461 e. The second kappa shape index (κ2) is 8.75. The van der Waals surface area contributed by atoms with E-state index < -0.39 is 0 Å². The molecule has 0 saturated carbocycles. The fourth-order valence-corrected chi connectivity index (χ4v) is 3.66. The Morgan fingerprint density at radius 2 is 2.03 bits per heavy atom. The number of allylic oxidation sites excluding steroid dienone is 6. The molecule has 0 unspecified atom stereocenters. The van der Waals surface area contributed by atoms with Gasteiger partial charge in [0.25, 0.3) is 0 Å². The summed E-state index contributed by atoms with van der Waals surface area (Å²) < 4.78 is 6.23. The number of nitrogen functional groups attached to an aromatic ring is 1. The van der Waals surface area contributed by atoms with Gasteiger partial charge in [0.15, 0.2) is 0 Å². The molecule has 3 heteroatoms. The fraction of sp³-hybridized carbons (Fsp3) is 0.111. The molecule has 1 heterocycles. The first-order valence-electron chi connectivity index (χ1n) is 10.2. The Hall–Kier alpha value is -3.72. The highest BCUT2D eigenvalue weighted by molar-refractivity contribution is 5.95. The van der Waals surface area contributed by atoms with Gasteiger partial charge in [-0.3, -0.25) is 0 Å². The number of aromatic nitrogens is 1. The van der Waals surface area contributed by atoms with Crippen LogP contribution < -0.4 is 10.5 Å². The molecular formula is C27H26N2O. The summed E-state index contributed by atoms with van der Waals surface area (Å²) in [5.74, 6) is 2.41. The van der Waals surface area contributed by atoms with Crippen LogP contribution in [0, 0.1) is 6.92 Å². The van der Waals surface area contributed by atoms with Gasteiger partial charge in [0.05, 0.1) is 0 Å². The van der Waals surface area contributed by atoms with Gasteiger partial charge in [0.2, 0.25) is 0 Å². The van der Waals surface area contributed by atoms with Crippen molar-refractivity contribution in [2.24, 2.45) is 0 Å². The highest BCUT2D eigenvalue weighted by atomic mass is 16.5. The molecule has 1 aliphatic carbocycles. The Kier molecular flexibility index (Phi) is 5.71. The van der Waals surface area contributed by atoms with E-state index in [0.29, 0.717) is 5.82 Å². The van der Waals surface area contributed by atoms with E-state index in [0.717, 1.165) is 52.2 Å². The van der Waals surface area contributed by atoms with Gasteiger partial charge in [0, 0.05) is 29.3 Å². The normalized spacial score (nSPS) is 13.8. The SMILES string of the molecule is C=C/C(=C\c1c(-c2cccc(C)c2)c[nH]c1N)c1ccccc1OC1=CC=CCC1. The van der Waals surface area contributed by atoms with Crippen molar-refractivity contribution in [1.29, 1.82) is 0 Å². The third kappa shape index (κ3) is 4.15. The second-order valence-corrected chi connectivity index (χ2v) is 7.40. The van der Waals surface area contributed by atoms with Crippen LogP contribution in [0.4, 0.5) is 5.82 Å². The summed E-state index contributed by atoms with van der Waals surface area (Å²) in [5, 5.41) is 0. The van der Waals surface area contributed by atoms with E-state index in [9.17, 15) is 0 Å². The van der Waals surface area contributed by atoms with Gasteiger partial charge in [-0.2, -0.15) is 0 Å². The van der Waals surface area contributed by atoms with Gasteiger partial charge in [-0.25, -0.2) is 0 Å². The van der Waals surface area contributed by atoms with E-state index >= 15 is 0 Å². The first kappa shape index (κ1) is 19.6. The largest absolute Gasteiger partial charge is 0.461 e. The first-order chi connectivity index (χ1) is 14.7. The van der Waals surface area contributed by atoms with Gasteiger partial charge >= 0.3 is 0 Å². The molecule has 150 valence electrons. The van der Waals surface area contributed by atoms with Crippen LogP contribution in [0.15, 0.2) is 91.4 Å². The molecule has 1 aliphatic rings. The molecule has 0 amide bonds. The molecule has 0 aliphatic heterocycles. The maximum absolute atomic E-state index is 6.30. The van der Waals surface area contributed by atoms with Crippen molar-refractivity contribution in [3.8, 4) is 16.9 Å². The monoisotopic (exact) mass is 394 g/mol. The molecule has 0 radical (unpaired) electrons. The van der Waals surface area contributed by atoms with E-state index in [1.807, 2.05) is 42.6 Å². The molecule has 3 nitrogen and oxygen atoms in total. The lowest BCUT2D eigenvalue weighted by Crippen LogP contribution is -1.99. The molecule has 1 aromatic heterocycles. The minimum absolute atomic E-state index is 0.629. The number of aryl methyl sites for hydroxylation is 1. The minimum atomic E-state index is 0.629. The second-order valence-electron chi connectivity index (χ2n) is 7.40. The number of H-pyrrole nitrogens is 1. The molecule has 3 N–H and O–H groups in total. The van der Waals surface area contributed by atoms with Gasteiger partial charge in [-0.05, 0) is 42.7 Å². The number of rotatable bonds is 6. The molecule has 30 heavy (non-hydrogen) atoms. The lowest BCUT2D eigenvalue weighted by atomic mass is 9.97. The molecule has 4 rings (SSSR count). The van der Waals surface area contributed by atoms with Crippen molar-refractivity contribution in [1.82, 2.24) is 4.98 Å². The zero-order valence-electron chi connectivity index (χ0n) is 17.2. The number of nitrogens with two attached hydrogens (primary N) is 1. The van der Waals surface area contributed by atoms with Crippen LogP contribution in [0.5, 0.6) is 5.75 Å². The topological polar surface area (TPSA) is 51.0 Å². The number of aromatic amines is 1. The highest BCUT2D eigenvalue weighted by Crippen LogP contribution is 2.35. The average Bonchev–Trinajstić information content (AvgIpc) is 3.13. The van der Waals surface area contributed by atoms with Crippen molar-refractivity contribution >= 4 is 17.5 Å². The van der Waals surface area contributed by atoms with Crippen LogP contribution in [-0.2, 0) is 0 Å². The lowest BCUT2D eigenvalue weighted by molar-refractivity contribution is 0.401. The molecule has 0 bridgehead atoms. The van der Waals surface area contributed by atoms with Crippen molar-refractivity contribution in [2.45, 2.75) is 19.8 Å². The van der Waals surface area contributed by atoms with Gasteiger partial charge < -0.3 is 15.5 Å². The summed E-state index contributed by atoms with van der Waals surface area (Å²) in [6.45, 7) is 6.14. The van der Waals surface area contributed by atoms with E-state index in [4.69, 9.17) is 10.5 Å². The fourth-order valence-electron chi connectivity index (χ4n) is 3.66. The summed E-state index contributed by atoms with van der Waals surface area (Å²) >= 11 is 0. The third-order valence-corrected chi connectivity index (χ3v) is 5.22. The highest BCUT2D eigenvalue weighted by Gasteiger charge is 2.13. The van der Waals surface area contributed by atoms with E-state index in [2.05, 4.69) is 61.0 Å². The number of hydrogen-bond donors (Lipinski definition) is 2. The Balaban J connectivity index is 1.76. The molecule has 3 aromatic rings. The van der Waals surface area contributed by atoms with Crippen molar-refractivity contribution in [3.05, 3.63) is 108 Å². The molecule has 2 aromatic carbocycles. The predicted molar refractivity (Wildman–Crippen MR) is 127 cm³/mol. The zero-order chi connectivity index (χ0) is 20.9. The summed E-state index contributed by atoms with van der Waals surface area (Å²) in [6, 6.07) is 16.5. The van der Waals surface area contributed by atoms with Crippen molar-refractivity contribution < 1.29 is 4.74 Å². The molecular weight excluding hydrogens is 368 g/mol. The predicted octanol–water partition coefficient (Wildman–Crippen LogP) is 6.91. The molecule has 0 saturated heterocycles. The maximum Gasteiger partial charge on any atom is 0.134 e. The number of nitrogens with one attached hydrogen (secondary N) is 1. The van der Waals surface area contributed by atoms with Crippen LogP contribution in [-0.4, -0.2) is 4.98 Å². The Morgan fingerprint density at radius 1 is 1.17 bits per heavy atom. The summed E-state index contributed by atoms with van der Waals surface area (Å²) in [7, 11) is 0. The molecule has 0 spiro atoms. The van der Waals surface area contributed by atoms with Gasteiger partial charge in [0.1, 0.15) is 17.3 Å². The smallest absolute Gasteiger partial charge is 0.134 e. The zero-order valence-corrected chi connectivity index (χ0v) is 17.2. The number of anilines is 1. The van der Waals surface area contributed by atoms with Crippen LogP contribution >= 0.6 is 0 Å². The quantitative estimate of drug-likeness (QED) is 0.446. The van der Waals surface area contributed by atoms with Crippen molar-refractivity contribution in [2.75, 3.05) is 5.73 Å². The third-order valence-electron chi connectivity index (χ3n) is 5.22. The van der Waals surface area contributed by atoms with E-state index in [1.54, 1.807) is 0 Å². The molecule has 0 fully saturated rings. The maximum atomic E-state index is 6.30. The molecule has 0 atom stereocenters. The van der Waals surface area contributed by atoms with Crippen LogP contribution in [0.3, 0.4) is 0 Å². The Morgan fingerprint density at radius 3 is 2.80 bits per heavy atom. The van der Waals surface area contributed by atoms with Crippen molar-refractivity contribution in [3.63, 3.8) is 0 Å². The number of ether oxygens (including phenoxy) is 1. The number of benzene rings is 2. The first-order valence-corrected chi connectivity index (χ1v) is 10.2. The van der Waals surface area contributed by atoms with E-state index in [1.165, 1.54) is 5.56 Å². The van der Waals surface area contributed by atoms with Crippen LogP contribution in [0.1, 0.15) is 29.5 Å². The van der Waals surface area contributed by atoms with Gasteiger partial charge in [-0.15, -0.1) is 0 Å². The summed E-state index contributed by atoms with van der Waals surface area (Å²) in [5.41, 5.74) is 12.6. The Labute approximate surface area is 177 Å². The van der Waals surface area contributed by atoms with Gasteiger partial charge in [-0.1, -0.05) is 72.8 Å². The number of para-hydroxylation sites is 1. The number of hydrogen-bond acceptors (Lipinski definition) is 2. The van der Waals surface area contributed by atoms with Crippen LogP contribution in [0.2, 0.25) is 0 Å².